The summed E-state index contributed by atoms with van der Waals surface area (Å²) in [4.78, 5) is 24.0. The van der Waals surface area contributed by atoms with E-state index >= 15 is 0 Å². The number of hydrogen-bond acceptors (Lipinski definition) is 5. The number of hydrogen-bond donors (Lipinski definition) is 2. The first-order valence-electron chi connectivity index (χ1n) is 9.34. The molecule has 1 saturated heterocycles. The maximum Gasteiger partial charge on any atom is 0.276 e. The van der Waals surface area contributed by atoms with Crippen LogP contribution in [0.3, 0.4) is 0 Å². The van der Waals surface area contributed by atoms with Gasteiger partial charge in [-0.15, -0.1) is 0 Å². The molecular weight excluding hydrogens is 396 g/mol. The highest BCUT2D eigenvalue weighted by Crippen LogP contribution is 2.21. The fourth-order valence-corrected chi connectivity index (χ4v) is 2.88. The highest BCUT2D eigenvalue weighted by Gasteiger charge is 2.16. The Morgan fingerprint density at radius 3 is 2.55 bits per heavy atom. The van der Waals surface area contributed by atoms with E-state index in [1.54, 1.807) is 42.5 Å². The van der Waals surface area contributed by atoms with Crippen molar-refractivity contribution in [2.24, 2.45) is 0 Å². The average molecular weight is 419 g/mol. The van der Waals surface area contributed by atoms with Gasteiger partial charge in [-0.3, -0.25) is 20.4 Å². The third-order valence-electron chi connectivity index (χ3n) is 4.39. The van der Waals surface area contributed by atoms with Crippen LogP contribution in [0.5, 0.6) is 11.5 Å². The van der Waals surface area contributed by atoms with Crippen molar-refractivity contribution in [1.29, 1.82) is 0 Å². The van der Waals surface area contributed by atoms with E-state index in [1.165, 1.54) is 0 Å². The molecule has 1 aliphatic rings. The normalized spacial score (nSPS) is 15.6. The fourth-order valence-electron chi connectivity index (χ4n) is 2.76. The second kappa shape index (κ2) is 10.1. The van der Waals surface area contributed by atoms with Gasteiger partial charge in [0, 0.05) is 17.2 Å². The molecule has 1 fully saturated rings. The van der Waals surface area contributed by atoms with Crippen molar-refractivity contribution in [2.75, 3.05) is 19.8 Å². The molecule has 8 heteroatoms. The number of aryl methyl sites for hydroxylation is 1. The van der Waals surface area contributed by atoms with Crippen LogP contribution in [0.15, 0.2) is 42.5 Å². The number of rotatable bonds is 7. The van der Waals surface area contributed by atoms with E-state index < -0.39 is 11.8 Å². The predicted molar refractivity (Wildman–Crippen MR) is 108 cm³/mol. The summed E-state index contributed by atoms with van der Waals surface area (Å²) in [6.45, 7) is 2.88. The van der Waals surface area contributed by atoms with Crippen molar-refractivity contribution in [2.45, 2.75) is 25.9 Å². The molecule has 0 aromatic heterocycles. The van der Waals surface area contributed by atoms with E-state index in [-0.39, 0.29) is 12.7 Å². The van der Waals surface area contributed by atoms with Crippen LogP contribution in [-0.2, 0) is 9.53 Å². The second-order valence-electron chi connectivity index (χ2n) is 6.67. The van der Waals surface area contributed by atoms with E-state index in [1.807, 2.05) is 6.92 Å². The van der Waals surface area contributed by atoms with Crippen molar-refractivity contribution in [3.63, 3.8) is 0 Å². The van der Waals surface area contributed by atoms with E-state index in [9.17, 15) is 9.59 Å². The van der Waals surface area contributed by atoms with Crippen LogP contribution in [-0.4, -0.2) is 37.7 Å². The lowest BCUT2D eigenvalue weighted by atomic mass is 10.2. The Bertz CT molecular complexity index is 851. The number of carbonyl (C=O) groups excluding carboxylic acids is 2. The van der Waals surface area contributed by atoms with Gasteiger partial charge < -0.3 is 14.2 Å². The summed E-state index contributed by atoms with van der Waals surface area (Å²) in [5.41, 5.74) is 5.91. The van der Waals surface area contributed by atoms with E-state index in [4.69, 9.17) is 25.8 Å². The van der Waals surface area contributed by atoms with Crippen molar-refractivity contribution in [3.05, 3.63) is 58.6 Å². The number of benzene rings is 2. The van der Waals surface area contributed by atoms with Gasteiger partial charge in [0.05, 0.1) is 6.10 Å². The van der Waals surface area contributed by atoms with Gasteiger partial charge in [0.25, 0.3) is 11.8 Å². The number of amides is 2. The minimum absolute atomic E-state index is 0.132. The highest BCUT2D eigenvalue weighted by atomic mass is 35.5. The SMILES string of the molecule is Cc1cc(OCC(=O)NNC(=O)c2ccc(OCC3CCCO3)cc2)ccc1Cl. The summed E-state index contributed by atoms with van der Waals surface area (Å²) in [5, 5.41) is 0.623. The molecule has 29 heavy (non-hydrogen) atoms. The quantitative estimate of drug-likeness (QED) is 0.675. The molecule has 0 aliphatic carbocycles. The molecule has 3 rings (SSSR count). The van der Waals surface area contributed by atoms with Gasteiger partial charge in [-0.25, -0.2) is 0 Å². The average Bonchev–Trinajstić information content (AvgIpc) is 3.25. The molecular formula is C21H23ClN2O5. The molecule has 2 amide bonds. The molecule has 1 heterocycles. The molecule has 1 atom stereocenters. The lowest BCUT2D eigenvalue weighted by Crippen LogP contribution is -2.43. The number of hydrazine groups is 1. The number of halogens is 1. The van der Waals surface area contributed by atoms with E-state index in [0.29, 0.717) is 28.7 Å². The number of ether oxygens (including phenoxy) is 3. The Hall–Kier alpha value is -2.77. The summed E-state index contributed by atoms with van der Waals surface area (Å²) >= 11 is 5.95. The van der Waals surface area contributed by atoms with Crippen molar-refractivity contribution in [3.8, 4) is 11.5 Å². The first-order chi connectivity index (χ1) is 14.0. The third-order valence-corrected chi connectivity index (χ3v) is 4.82. The Morgan fingerprint density at radius 2 is 1.86 bits per heavy atom. The fraction of sp³-hybridized carbons (Fsp3) is 0.333. The van der Waals surface area contributed by atoms with Gasteiger partial charge in [-0.2, -0.15) is 0 Å². The topological polar surface area (TPSA) is 85.9 Å². The maximum atomic E-state index is 12.1. The van der Waals surface area contributed by atoms with Crippen LogP contribution in [0.25, 0.3) is 0 Å². The van der Waals surface area contributed by atoms with Gasteiger partial charge in [0.15, 0.2) is 6.61 Å². The summed E-state index contributed by atoms with van der Waals surface area (Å²) in [5.74, 6) is 0.258. The lowest BCUT2D eigenvalue weighted by Gasteiger charge is -2.12. The molecule has 0 spiro atoms. The smallest absolute Gasteiger partial charge is 0.276 e. The summed E-state index contributed by atoms with van der Waals surface area (Å²) in [6, 6.07) is 11.8. The van der Waals surface area contributed by atoms with Gasteiger partial charge in [0.1, 0.15) is 18.1 Å². The van der Waals surface area contributed by atoms with Gasteiger partial charge in [-0.1, -0.05) is 11.6 Å². The molecule has 0 bridgehead atoms. The van der Waals surface area contributed by atoms with Crippen molar-refractivity contribution < 1.29 is 23.8 Å². The number of carbonyl (C=O) groups is 2. The van der Waals surface area contributed by atoms with Crippen LogP contribution >= 0.6 is 11.6 Å². The molecule has 0 saturated carbocycles. The third kappa shape index (κ3) is 6.37. The van der Waals surface area contributed by atoms with Crippen LogP contribution in [0.2, 0.25) is 5.02 Å². The molecule has 1 unspecified atom stereocenters. The lowest BCUT2D eigenvalue weighted by molar-refractivity contribution is -0.123. The maximum absolute atomic E-state index is 12.1. The zero-order valence-corrected chi connectivity index (χ0v) is 16.8. The Morgan fingerprint density at radius 1 is 1.10 bits per heavy atom. The molecule has 1 aliphatic heterocycles. The van der Waals surface area contributed by atoms with Crippen LogP contribution in [0, 0.1) is 6.92 Å². The summed E-state index contributed by atoms with van der Waals surface area (Å²) in [7, 11) is 0. The van der Waals surface area contributed by atoms with Gasteiger partial charge >= 0.3 is 0 Å². The zero-order chi connectivity index (χ0) is 20.6. The molecule has 7 nitrogen and oxygen atoms in total. The first-order valence-corrected chi connectivity index (χ1v) is 9.71. The first kappa shape index (κ1) is 21.0. The van der Waals surface area contributed by atoms with Crippen LogP contribution in [0.4, 0.5) is 0 Å². The van der Waals surface area contributed by atoms with Crippen LogP contribution in [0.1, 0.15) is 28.8 Å². The largest absolute Gasteiger partial charge is 0.491 e. The summed E-state index contributed by atoms with van der Waals surface area (Å²) < 4.78 is 16.5. The van der Waals surface area contributed by atoms with Gasteiger partial charge in [0.2, 0.25) is 0 Å². The van der Waals surface area contributed by atoms with Crippen LogP contribution < -0.4 is 20.3 Å². The standard InChI is InChI=1S/C21H23ClN2O5/c1-14-11-17(8-9-19(14)22)29-13-20(25)23-24-21(26)15-4-6-16(7-5-15)28-12-18-3-2-10-27-18/h4-9,11,18H,2-3,10,12-13H2,1H3,(H,23,25)(H,24,26). The highest BCUT2D eigenvalue weighted by molar-refractivity contribution is 6.31. The number of nitrogens with one attached hydrogen (secondary N) is 2. The van der Waals surface area contributed by atoms with Crippen molar-refractivity contribution in [1.82, 2.24) is 10.9 Å². The predicted octanol–water partition coefficient (Wildman–Crippen LogP) is 3.05. The Kier molecular flexibility index (Phi) is 7.32. The Labute approximate surface area is 174 Å². The monoisotopic (exact) mass is 418 g/mol. The van der Waals surface area contributed by atoms with Gasteiger partial charge in [-0.05, 0) is 67.8 Å². The zero-order valence-electron chi connectivity index (χ0n) is 16.1. The summed E-state index contributed by atoms with van der Waals surface area (Å²) in [6.07, 6.45) is 2.19. The minimum atomic E-state index is -0.484. The van der Waals surface area contributed by atoms with E-state index in [2.05, 4.69) is 10.9 Å². The molecule has 2 N–H and O–H groups in total. The molecule has 154 valence electrons. The molecule has 2 aromatic rings. The second-order valence-corrected chi connectivity index (χ2v) is 7.08. The molecule has 2 aromatic carbocycles. The Balaban J connectivity index is 1.39. The van der Waals surface area contributed by atoms with E-state index in [0.717, 1.165) is 25.0 Å². The minimum Gasteiger partial charge on any atom is -0.491 e. The molecule has 0 radical (unpaired) electrons. The van der Waals surface area contributed by atoms with Crippen molar-refractivity contribution >= 4 is 23.4 Å².